The van der Waals surface area contributed by atoms with Gasteiger partial charge in [0.25, 0.3) is 5.69 Å². The second-order valence-corrected chi connectivity index (χ2v) is 7.98. The number of benzene rings is 1. The minimum Gasteiger partial charge on any atom is -0.378 e. The van der Waals surface area contributed by atoms with Crippen molar-refractivity contribution in [2.24, 2.45) is 11.8 Å². The molecular formula is C21H22ClN5O6. The van der Waals surface area contributed by atoms with Crippen LogP contribution in [0.25, 0.3) is 0 Å². The molecule has 2 saturated heterocycles. The van der Waals surface area contributed by atoms with Gasteiger partial charge in [0.1, 0.15) is 11.8 Å². The molecule has 0 saturated carbocycles. The quantitative estimate of drug-likeness (QED) is 0.441. The summed E-state index contributed by atoms with van der Waals surface area (Å²) in [5.41, 5.74) is -0.294. The molecule has 2 aliphatic rings. The summed E-state index contributed by atoms with van der Waals surface area (Å²) in [6, 6.07) is 7.45. The Morgan fingerprint density at radius 2 is 1.42 bits per heavy atom. The molecule has 2 atom stereocenters. The van der Waals surface area contributed by atoms with E-state index in [2.05, 4.69) is 0 Å². The van der Waals surface area contributed by atoms with Crippen molar-refractivity contribution in [3.8, 4) is 12.1 Å². The fourth-order valence-corrected chi connectivity index (χ4v) is 4.23. The molecule has 33 heavy (non-hydrogen) atoms. The van der Waals surface area contributed by atoms with Crippen LogP contribution >= 0.6 is 11.6 Å². The van der Waals surface area contributed by atoms with Crippen molar-refractivity contribution in [3.05, 3.63) is 38.9 Å². The number of hydrogen-bond acceptors (Lipinski definition) is 8. The molecule has 0 N–H and O–H groups in total. The highest BCUT2D eigenvalue weighted by atomic mass is 35.5. The van der Waals surface area contributed by atoms with Gasteiger partial charge in [0.15, 0.2) is 0 Å². The van der Waals surface area contributed by atoms with Gasteiger partial charge in [-0.2, -0.15) is 10.5 Å². The first-order valence-corrected chi connectivity index (χ1v) is 10.7. The highest BCUT2D eigenvalue weighted by Gasteiger charge is 2.44. The average molecular weight is 476 g/mol. The molecule has 1 aromatic rings. The molecule has 0 aromatic heterocycles. The number of halogens is 1. The van der Waals surface area contributed by atoms with Crippen LogP contribution in [0.3, 0.4) is 0 Å². The van der Waals surface area contributed by atoms with Crippen LogP contribution in [-0.4, -0.2) is 79.1 Å². The van der Waals surface area contributed by atoms with E-state index in [0.29, 0.717) is 26.4 Å². The molecular weight excluding hydrogens is 454 g/mol. The molecule has 2 amide bonds. The van der Waals surface area contributed by atoms with E-state index in [1.54, 1.807) is 0 Å². The highest BCUT2D eigenvalue weighted by molar-refractivity contribution is 6.31. The smallest absolute Gasteiger partial charge is 0.269 e. The molecule has 3 rings (SSSR count). The van der Waals surface area contributed by atoms with E-state index < -0.39 is 34.5 Å². The fraction of sp³-hybridized carbons (Fsp3) is 0.524. The van der Waals surface area contributed by atoms with Crippen molar-refractivity contribution < 1.29 is 24.0 Å². The molecule has 2 heterocycles. The maximum absolute atomic E-state index is 13.3. The van der Waals surface area contributed by atoms with Gasteiger partial charge in [-0.1, -0.05) is 11.6 Å². The van der Waals surface area contributed by atoms with Gasteiger partial charge >= 0.3 is 0 Å². The Labute approximate surface area is 195 Å². The van der Waals surface area contributed by atoms with Crippen LogP contribution in [0.1, 0.15) is 11.5 Å². The summed E-state index contributed by atoms with van der Waals surface area (Å²) in [4.78, 5) is 40.2. The fourth-order valence-electron chi connectivity index (χ4n) is 3.99. The number of nitriles is 2. The number of carbonyl (C=O) groups is 2. The first kappa shape index (κ1) is 24.4. The summed E-state index contributed by atoms with van der Waals surface area (Å²) in [6.07, 6.45) is 0. The first-order chi connectivity index (χ1) is 15.9. The van der Waals surface area contributed by atoms with Crippen molar-refractivity contribution in [2.45, 2.75) is 5.92 Å². The summed E-state index contributed by atoms with van der Waals surface area (Å²) in [5, 5.41) is 31.4. The maximum Gasteiger partial charge on any atom is 0.269 e. The number of nitrogens with zero attached hydrogens (tertiary/aromatic N) is 5. The van der Waals surface area contributed by atoms with Crippen LogP contribution in [0.15, 0.2) is 18.2 Å². The van der Waals surface area contributed by atoms with Gasteiger partial charge in [-0.15, -0.1) is 0 Å². The average Bonchev–Trinajstić information content (AvgIpc) is 2.85. The van der Waals surface area contributed by atoms with Gasteiger partial charge in [0.05, 0.1) is 43.5 Å². The molecule has 1 aromatic carbocycles. The molecule has 2 fully saturated rings. The molecule has 0 spiro atoms. The van der Waals surface area contributed by atoms with Crippen LogP contribution in [-0.2, 0) is 19.1 Å². The summed E-state index contributed by atoms with van der Waals surface area (Å²) >= 11 is 6.35. The zero-order valence-electron chi connectivity index (χ0n) is 17.7. The molecule has 2 aliphatic heterocycles. The summed E-state index contributed by atoms with van der Waals surface area (Å²) in [6.45, 7) is 2.17. The van der Waals surface area contributed by atoms with Crippen molar-refractivity contribution in [1.29, 1.82) is 10.5 Å². The SMILES string of the molecule is N#C[C@@H](C(=O)N1CCOCC1)C(c1cc([N+](=O)[O-])ccc1Cl)[C@@H](C#N)C(=O)N1CCOCC1. The van der Waals surface area contributed by atoms with Crippen molar-refractivity contribution in [3.63, 3.8) is 0 Å². The van der Waals surface area contributed by atoms with Crippen LogP contribution in [0.4, 0.5) is 5.69 Å². The van der Waals surface area contributed by atoms with Gasteiger partial charge in [-0.3, -0.25) is 19.7 Å². The van der Waals surface area contributed by atoms with E-state index in [1.807, 2.05) is 12.1 Å². The lowest BCUT2D eigenvalue weighted by atomic mass is 9.76. The molecule has 0 bridgehead atoms. The standard InChI is InChI=1S/C21H22ClN5O6/c22-18-2-1-14(27(30)31)11-15(18)19(16(12-23)20(28)25-3-7-32-8-4-25)17(13-24)21(29)26-5-9-33-10-6-26/h1-2,11,16-17,19H,3-10H2/t16-,17-/m1/s1. The third kappa shape index (κ3) is 5.40. The third-order valence-electron chi connectivity index (χ3n) is 5.72. The second-order valence-electron chi connectivity index (χ2n) is 7.58. The summed E-state index contributed by atoms with van der Waals surface area (Å²) < 4.78 is 10.5. The molecule has 174 valence electrons. The summed E-state index contributed by atoms with van der Waals surface area (Å²) in [7, 11) is 0. The number of rotatable bonds is 6. The van der Waals surface area contributed by atoms with E-state index in [9.17, 15) is 30.2 Å². The van der Waals surface area contributed by atoms with Crippen LogP contribution in [0.5, 0.6) is 0 Å². The predicted octanol–water partition coefficient (Wildman–Crippen LogP) is 1.33. The van der Waals surface area contributed by atoms with Crippen molar-refractivity contribution >= 4 is 29.1 Å². The van der Waals surface area contributed by atoms with Crippen LogP contribution < -0.4 is 0 Å². The normalized spacial score (nSPS) is 18.2. The van der Waals surface area contributed by atoms with Crippen molar-refractivity contribution in [1.82, 2.24) is 9.80 Å². The molecule has 0 unspecified atom stereocenters. The summed E-state index contributed by atoms with van der Waals surface area (Å²) in [5.74, 6) is -5.39. The first-order valence-electron chi connectivity index (χ1n) is 10.3. The number of non-ortho nitro benzene ring substituents is 1. The van der Waals surface area contributed by atoms with E-state index in [4.69, 9.17) is 21.1 Å². The van der Waals surface area contributed by atoms with Gasteiger partial charge in [-0.25, -0.2) is 0 Å². The van der Waals surface area contributed by atoms with E-state index in [1.165, 1.54) is 21.9 Å². The number of hydrogen-bond donors (Lipinski definition) is 0. The minimum absolute atomic E-state index is 0.0238. The Morgan fingerprint density at radius 3 is 1.82 bits per heavy atom. The number of morpholine rings is 2. The topological polar surface area (TPSA) is 150 Å². The molecule has 12 heteroatoms. The Hall–Kier alpha value is -3.25. The number of carbonyl (C=O) groups excluding carboxylic acids is 2. The molecule has 0 radical (unpaired) electrons. The Balaban J connectivity index is 2.08. The van der Waals surface area contributed by atoms with Gasteiger partial charge < -0.3 is 19.3 Å². The van der Waals surface area contributed by atoms with Gasteiger partial charge in [-0.05, 0) is 11.6 Å². The number of ether oxygens (including phenoxy) is 2. The molecule has 0 aliphatic carbocycles. The van der Waals surface area contributed by atoms with E-state index in [0.717, 1.165) is 6.07 Å². The third-order valence-corrected chi connectivity index (χ3v) is 6.07. The minimum atomic E-state index is -1.46. The zero-order valence-corrected chi connectivity index (χ0v) is 18.4. The van der Waals surface area contributed by atoms with Gasteiger partial charge in [0, 0.05) is 49.3 Å². The lowest BCUT2D eigenvalue weighted by Gasteiger charge is -2.35. The van der Waals surface area contributed by atoms with Crippen LogP contribution in [0, 0.1) is 44.6 Å². The lowest BCUT2D eigenvalue weighted by molar-refractivity contribution is -0.384. The molecule has 11 nitrogen and oxygen atoms in total. The zero-order chi connectivity index (χ0) is 24.0. The van der Waals surface area contributed by atoms with E-state index >= 15 is 0 Å². The lowest BCUT2D eigenvalue weighted by Crippen LogP contribution is -2.48. The Kier molecular flexibility index (Phi) is 8.17. The van der Waals surface area contributed by atoms with Gasteiger partial charge in [0.2, 0.25) is 11.8 Å². The monoisotopic (exact) mass is 475 g/mol. The number of nitro benzene ring substituents is 1. The number of nitro groups is 1. The number of amides is 2. The Bertz CT molecular complexity index is 946. The highest BCUT2D eigenvalue weighted by Crippen LogP contribution is 2.40. The van der Waals surface area contributed by atoms with Crippen LogP contribution in [0.2, 0.25) is 5.02 Å². The predicted molar refractivity (Wildman–Crippen MR) is 114 cm³/mol. The largest absolute Gasteiger partial charge is 0.378 e. The van der Waals surface area contributed by atoms with Crippen molar-refractivity contribution in [2.75, 3.05) is 52.6 Å². The maximum atomic E-state index is 13.3. The van der Waals surface area contributed by atoms with E-state index in [-0.39, 0.29) is 42.5 Å². The second kappa shape index (κ2) is 11.1. The Morgan fingerprint density at radius 1 is 0.970 bits per heavy atom.